The fraction of sp³-hybridized carbons (Fsp3) is 0.333. The van der Waals surface area contributed by atoms with Crippen molar-refractivity contribution in [2.24, 2.45) is 5.73 Å². The number of benzene rings is 1. The Morgan fingerprint density at radius 1 is 1.35 bits per heavy atom. The van der Waals surface area contributed by atoms with Crippen LogP contribution in [0.2, 0.25) is 0 Å². The number of hydrogen-bond acceptors (Lipinski definition) is 4. The Morgan fingerprint density at radius 2 is 2.00 bits per heavy atom. The average molecular weight is 236 g/mol. The van der Waals surface area contributed by atoms with E-state index in [4.69, 9.17) is 5.73 Å². The first-order chi connectivity index (χ1) is 8.13. The van der Waals surface area contributed by atoms with Crippen LogP contribution in [0.3, 0.4) is 0 Å². The minimum Gasteiger partial charge on any atom is -0.341 e. The number of nitrogens with one attached hydrogen (secondary N) is 1. The maximum atomic E-state index is 11.5. The number of nitrogens with two attached hydrogens (primary N) is 1. The Bertz CT molecular complexity index is 379. The van der Waals surface area contributed by atoms with Crippen LogP contribution in [0.15, 0.2) is 30.3 Å². The zero-order chi connectivity index (χ0) is 12.7. The lowest BCUT2D eigenvalue weighted by Gasteiger charge is -2.11. The van der Waals surface area contributed by atoms with Gasteiger partial charge in [0.2, 0.25) is 0 Å². The van der Waals surface area contributed by atoms with Crippen molar-refractivity contribution in [3.05, 3.63) is 35.9 Å². The first-order valence-electron chi connectivity index (χ1n) is 5.42. The molecule has 5 nitrogen and oxygen atoms in total. The third-order valence-electron chi connectivity index (χ3n) is 2.19. The molecular formula is C12H16N2O3. The highest BCUT2D eigenvalue weighted by Crippen LogP contribution is 2.01. The van der Waals surface area contributed by atoms with E-state index in [0.717, 1.165) is 5.56 Å². The molecule has 1 atom stereocenters. The first-order valence-corrected chi connectivity index (χ1v) is 5.42. The number of amides is 1. The topological polar surface area (TPSA) is 81.4 Å². The summed E-state index contributed by atoms with van der Waals surface area (Å²) >= 11 is 0. The van der Waals surface area contributed by atoms with E-state index in [9.17, 15) is 9.59 Å². The summed E-state index contributed by atoms with van der Waals surface area (Å²) in [5, 5.41) is 0. The van der Waals surface area contributed by atoms with Crippen LogP contribution in [-0.4, -0.2) is 17.9 Å². The fourth-order valence-electron chi connectivity index (χ4n) is 1.22. The standard InChI is InChI=1S/C12H16N2O3/c1-2-11(15)17-14-12(16)10(13)8-9-6-4-3-5-7-9/h3-7,10H,2,8,13H2,1H3,(H,14,16)/t10-/m0/s1. The minimum absolute atomic E-state index is 0.203. The van der Waals surface area contributed by atoms with Crippen molar-refractivity contribution in [3.63, 3.8) is 0 Å². The molecule has 0 aromatic heterocycles. The Hall–Kier alpha value is -1.88. The summed E-state index contributed by atoms with van der Waals surface area (Å²) in [5.41, 5.74) is 8.67. The third kappa shape index (κ3) is 4.65. The summed E-state index contributed by atoms with van der Waals surface area (Å²) in [5.74, 6) is -0.999. The molecule has 0 spiro atoms. The van der Waals surface area contributed by atoms with Gasteiger partial charge in [-0.15, -0.1) is 0 Å². The summed E-state index contributed by atoms with van der Waals surface area (Å²) in [4.78, 5) is 26.8. The summed E-state index contributed by atoms with van der Waals surface area (Å²) in [6, 6.07) is 8.66. The normalized spacial score (nSPS) is 11.6. The third-order valence-corrected chi connectivity index (χ3v) is 2.19. The van der Waals surface area contributed by atoms with Gasteiger partial charge in [0, 0.05) is 6.42 Å². The van der Waals surface area contributed by atoms with Crippen molar-refractivity contribution in [2.75, 3.05) is 0 Å². The van der Waals surface area contributed by atoms with Gasteiger partial charge in [-0.2, -0.15) is 5.48 Å². The average Bonchev–Trinajstić information content (AvgIpc) is 2.36. The van der Waals surface area contributed by atoms with Crippen LogP contribution < -0.4 is 11.2 Å². The van der Waals surface area contributed by atoms with E-state index < -0.39 is 17.9 Å². The van der Waals surface area contributed by atoms with Gasteiger partial charge in [0.1, 0.15) is 0 Å². The van der Waals surface area contributed by atoms with Crippen LogP contribution in [-0.2, 0) is 20.8 Å². The molecule has 0 fully saturated rings. The van der Waals surface area contributed by atoms with Crippen LogP contribution in [0, 0.1) is 0 Å². The molecule has 3 N–H and O–H groups in total. The second-order valence-corrected chi connectivity index (χ2v) is 3.59. The zero-order valence-corrected chi connectivity index (χ0v) is 9.68. The van der Waals surface area contributed by atoms with Gasteiger partial charge in [-0.1, -0.05) is 37.3 Å². The second-order valence-electron chi connectivity index (χ2n) is 3.59. The number of carbonyl (C=O) groups is 2. The van der Waals surface area contributed by atoms with Gasteiger partial charge in [0.05, 0.1) is 6.04 Å². The van der Waals surface area contributed by atoms with Crippen LogP contribution >= 0.6 is 0 Å². The van der Waals surface area contributed by atoms with Gasteiger partial charge in [0.15, 0.2) is 0 Å². The molecule has 1 rings (SSSR count). The van der Waals surface area contributed by atoms with Gasteiger partial charge in [-0.3, -0.25) is 4.79 Å². The maximum Gasteiger partial charge on any atom is 0.331 e. The lowest BCUT2D eigenvalue weighted by Crippen LogP contribution is -2.42. The Balaban J connectivity index is 2.40. The number of rotatable bonds is 4. The largest absolute Gasteiger partial charge is 0.341 e. The molecule has 5 heteroatoms. The van der Waals surface area contributed by atoms with Gasteiger partial charge in [-0.25, -0.2) is 4.79 Å². The van der Waals surface area contributed by atoms with Crippen molar-refractivity contribution in [3.8, 4) is 0 Å². The highest BCUT2D eigenvalue weighted by molar-refractivity contribution is 5.82. The molecule has 0 aliphatic rings. The minimum atomic E-state index is -0.734. The predicted molar refractivity (Wildman–Crippen MR) is 62.6 cm³/mol. The van der Waals surface area contributed by atoms with E-state index in [1.54, 1.807) is 6.92 Å². The van der Waals surface area contributed by atoms with Crippen molar-refractivity contribution in [2.45, 2.75) is 25.8 Å². The summed E-state index contributed by atoms with van der Waals surface area (Å²) in [6.45, 7) is 1.64. The Kier molecular flexibility index (Phi) is 5.16. The molecule has 0 bridgehead atoms. The quantitative estimate of drug-likeness (QED) is 0.748. The van der Waals surface area contributed by atoms with E-state index >= 15 is 0 Å². The monoisotopic (exact) mass is 236 g/mol. The molecule has 17 heavy (non-hydrogen) atoms. The van der Waals surface area contributed by atoms with E-state index in [1.807, 2.05) is 35.8 Å². The molecule has 0 radical (unpaired) electrons. The molecule has 92 valence electrons. The molecule has 1 amide bonds. The molecule has 0 aliphatic heterocycles. The maximum absolute atomic E-state index is 11.5. The van der Waals surface area contributed by atoms with Crippen LogP contribution in [0.1, 0.15) is 18.9 Å². The van der Waals surface area contributed by atoms with Crippen molar-refractivity contribution in [1.82, 2.24) is 5.48 Å². The SMILES string of the molecule is CCC(=O)ONC(=O)[C@@H](N)Cc1ccccc1. The van der Waals surface area contributed by atoms with Crippen LogP contribution in [0.25, 0.3) is 0 Å². The molecule has 0 unspecified atom stereocenters. The van der Waals surface area contributed by atoms with Crippen molar-refractivity contribution in [1.29, 1.82) is 0 Å². The van der Waals surface area contributed by atoms with Gasteiger partial charge >= 0.3 is 5.97 Å². The van der Waals surface area contributed by atoms with E-state index in [-0.39, 0.29) is 6.42 Å². The fourth-order valence-corrected chi connectivity index (χ4v) is 1.22. The van der Waals surface area contributed by atoms with Crippen molar-refractivity contribution >= 4 is 11.9 Å². The van der Waals surface area contributed by atoms with E-state index in [0.29, 0.717) is 6.42 Å². The predicted octanol–water partition coefficient (Wildman–Crippen LogP) is 0.541. The molecule has 0 aliphatic carbocycles. The zero-order valence-electron chi connectivity index (χ0n) is 9.68. The second kappa shape index (κ2) is 6.65. The highest BCUT2D eigenvalue weighted by atomic mass is 16.7. The number of carbonyl (C=O) groups excluding carboxylic acids is 2. The van der Waals surface area contributed by atoms with E-state index in [2.05, 4.69) is 4.84 Å². The Morgan fingerprint density at radius 3 is 2.59 bits per heavy atom. The van der Waals surface area contributed by atoms with Gasteiger partial charge in [-0.05, 0) is 12.0 Å². The van der Waals surface area contributed by atoms with Gasteiger partial charge in [0.25, 0.3) is 5.91 Å². The highest BCUT2D eigenvalue weighted by Gasteiger charge is 2.15. The van der Waals surface area contributed by atoms with Gasteiger partial charge < -0.3 is 10.6 Å². The lowest BCUT2D eigenvalue weighted by atomic mass is 10.1. The molecule has 0 heterocycles. The van der Waals surface area contributed by atoms with Crippen molar-refractivity contribution < 1.29 is 14.4 Å². The summed E-state index contributed by atoms with van der Waals surface area (Å²) in [7, 11) is 0. The van der Waals surface area contributed by atoms with E-state index in [1.165, 1.54) is 0 Å². The molecule has 0 saturated heterocycles. The van der Waals surface area contributed by atoms with Crippen LogP contribution in [0.4, 0.5) is 0 Å². The summed E-state index contributed by atoms with van der Waals surface area (Å²) in [6.07, 6.45) is 0.602. The lowest BCUT2D eigenvalue weighted by molar-refractivity contribution is -0.158. The first kappa shape index (κ1) is 13.2. The summed E-state index contributed by atoms with van der Waals surface area (Å²) < 4.78 is 0. The molecular weight excluding hydrogens is 220 g/mol. The molecule has 0 saturated carbocycles. The molecule has 1 aromatic rings. The number of hydroxylamine groups is 1. The molecule has 1 aromatic carbocycles. The van der Waals surface area contributed by atoms with Crippen LogP contribution in [0.5, 0.6) is 0 Å². The Labute approximate surface area is 99.9 Å². The number of hydrogen-bond donors (Lipinski definition) is 2. The smallest absolute Gasteiger partial charge is 0.331 e.